The zero-order valence-corrected chi connectivity index (χ0v) is 13.8. The fourth-order valence-electron chi connectivity index (χ4n) is 2.22. The number of carbonyl (C=O) groups is 1. The summed E-state index contributed by atoms with van der Waals surface area (Å²) in [6.45, 7) is 2.01. The van der Waals surface area contributed by atoms with Crippen LogP contribution in [0.5, 0.6) is 0 Å². The Morgan fingerprint density at radius 1 is 1.12 bits per heavy atom. The van der Waals surface area contributed by atoms with Crippen molar-refractivity contribution < 1.29 is 13.6 Å². The van der Waals surface area contributed by atoms with Crippen molar-refractivity contribution in [2.75, 3.05) is 5.32 Å². The Kier molecular flexibility index (Phi) is 5.12. The highest BCUT2D eigenvalue weighted by Gasteiger charge is 2.11. The predicted molar refractivity (Wildman–Crippen MR) is 91.8 cm³/mol. The predicted octanol–water partition coefficient (Wildman–Crippen LogP) is 3.13. The van der Waals surface area contributed by atoms with Crippen molar-refractivity contribution in [3.63, 3.8) is 0 Å². The molecule has 1 amide bonds. The molecule has 0 aliphatic carbocycles. The molecule has 3 rings (SSSR count). The van der Waals surface area contributed by atoms with Crippen LogP contribution in [0, 0.1) is 18.6 Å². The van der Waals surface area contributed by atoms with Gasteiger partial charge >= 0.3 is 0 Å². The molecular formula is C18H15F2N5O. The number of nitrogens with one attached hydrogen (secondary N) is 2. The van der Waals surface area contributed by atoms with Crippen molar-refractivity contribution in [2.24, 2.45) is 0 Å². The van der Waals surface area contributed by atoms with Crippen LogP contribution in [0.1, 0.15) is 21.7 Å². The van der Waals surface area contributed by atoms with Gasteiger partial charge in [0.25, 0.3) is 5.91 Å². The number of amides is 1. The lowest BCUT2D eigenvalue weighted by Crippen LogP contribution is -2.24. The summed E-state index contributed by atoms with van der Waals surface area (Å²) in [6, 6.07) is 8.49. The lowest BCUT2D eigenvalue weighted by atomic mass is 10.2. The van der Waals surface area contributed by atoms with Crippen molar-refractivity contribution in [1.29, 1.82) is 0 Å². The largest absolute Gasteiger partial charge is 0.347 e. The number of hydrogen-bond acceptors (Lipinski definition) is 5. The summed E-state index contributed by atoms with van der Waals surface area (Å²) in [5, 5.41) is 5.51. The van der Waals surface area contributed by atoms with Crippen LogP contribution in [0.15, 0.2) is 48.8 Å². The standard InChI is InChI=1S/C18H15F2N5O/c1-11-7-16(17(26)22-10-12-3-2-6-21-9-12)25-18(23-11)24-13-4-5-14(19)15(20)8-13/h2-9H,10H2,1H3,(H,22,26)(H,23,24,25). The molecule has 0 bridgehead atoms. The number of carbonyl (C=O) groups excluding carboxylic acids is 1. The highest BCUT2D eigenvalue weighted by molar-refractivity contribution is 5.92. The first-order valence-corrected chi connectivity index (χ1v) is 7.76. The summed E-state index contributed by atoms with van der Waals surface area (Å²) in [5.74, 6) is -2.21. The molecule has 132 valence electrons. The van der Waals surface area contributed by atoms with Crippen LogP contribution < -0.4 is 10.6 Å². The number of benzene rings is 1. The SMILES string of the molecule is Cc1cc(C(=O)NCc2cccnc2)nc(Nc2ccc(F)c(F)c2)n1. The van der Waals surface area contributed by atoms with E-state index in [2.05, 4.69) is 25.6 Å². The summed E-state index contributed by atoms with van der Waals surface area (Å²) < 4.78 is 26.3. The molecule has 0 unspecified atom stereocenters. The molecule has 0 aliphatic heterocycles. The van der Waals surface area contributed by atoms with E-state index in [9.17, 15) is 13.6 Å². The zero-order chi connectivity index (χ0) is 18.5. The Bertz CT molecular complexity index is 934. The minimum absolute atomic E-state index is 0.113. The van der Waals surface area contributed by atoms with Crippen molar-refractivity contribution in [3.8, 4) is 0 Å². The third-order valence-electron chi connectivity index (χ3n) is 3.44. The highest BCUT2D eigenvalue weighted by Crippen LogP contribution is 2.17. The molecule has 1 aromatic carbocycles. The maximum absolute atomic E-state index is 13.3. The molecule has 0 saturated carbocycles. The van der Waals surface area contributed by atoms with E-state index in [1.165, 1.54) is 12.1 Å². The molecule has 2 heterocycles. The van der Waals surface area contributed by atoms with E-state index in [1.54, 1.807) is 25.4 Å². The third kappa shape index (κ3) is 4.35. The third-order valence-corrected chi connectivity index (χ3v) is 3.44. The molecule has 0 atom stereocenters. The van der Waals surface area contributed by atoms with Crippen LogP contribution in [0.25, 0.3) is 0 Å². The maximum Gasteiger partial charge on any atom is 0.270 e. The van der Waals surface area contributed by atoms with Gasteiger partial charge in [0, 0.05) is 36.4 Å². The average molecular weight is 355 g/mol. The molecule has 0 aliphatic rings. The molecule has 2 aromatic heterocycles. The molecule has 6 nitrogen and oxygen atoms in total. The number of rotatable bonds is 5. The topological polar surface area (TPSA) is 79.8 Å². The molecule has 0 saturated heterocycles. The van der Waals surface area contributed by atoms with E-state index in [0.717, 1.165) is 17.7 Å². The van der Waals surface area contributed by atoms with Crippen LogP contribution in [0.3, 0.4) is 0 Å². The summed E-state index contributed by atoms with van der Waals surface area (Å²) in [7, 11) is 0. The van der Waals surface area contributed by atoms with Gasteiger partial charge in [0.05, 0.1) is 0 Å². The Balaban J connectivity index is 1.74. The van der Waals surface area contributed by atoms with E-state index in [4.69, 9.17) is 0 Å². The van der Waals surface area contributed by atoms with Crippen molar-refractivity contribution in [2.45, 2.75) is 13.5 Å². The Hall–Kier alpha value is -3.42. The fraction of sp³-hybridized carbons (Fsp3) is 0.111. The van der Waals surface area contributed by atoms with Crippen LogP contribution in [-0.4, -0.2) is 20.9 Å². The second kappa shape index (κ2) is 7.64. The van der Waals surface area contributed by atoms with Gasteiger partial charge in [-0.3, -0.25) is 9.78 Å². The van der Waals surface area contributed by atoms with Gasteiger partial charge in [-0.05, 0) is 36.8 Å². The van der Waals surface area contributed by atoms with Crippen LogP contribution in [0.4, 0.5) is 20.4 Å². The van der Waals surface area contributed by atoms with Gasteiger partial charge in [-0.1, -0.05) is 6.07 Å². The second-order valence-corrected chi connectivity index (χ2v) is 5.52. The van der Waals surface area contributed by atoms with E-state index >= 15 is 0 Å². The minimum Gasteiger partial charge on any atom is -0.347 e. The first kappa shape index (κ1) is 17.4. The molecule has 26 heavy (non-hydrogen) atoms. The van der Waals surface area contributed by atoms with Crippen molar-refractivity contribution in [1.82, 2.24) is 20.3 Å². The molecule has 0 fully saturated rings. The average Bonchev–Trinajstić information content (AvgIpc) is 2.63. The number of aromatic nitrogens is 3. The summed E-state index contributed by atoms with van der Waals surface area (Å²) in [4.78, 5) is 24.6. The number of nitrogens with zero attached hydrogens (tertiary/aromatic N) is 3. The molecular weight excluding hydrogens is 340 g/mol. The summed E-state index contributed by atoms with van der Waals surface area (Å²) in [5.41, 5.74) is 1.84. The minimum atomic E-state index is -0.989. The monoisotopic (exact) mass is 355 g/mol. The first-order valence-electron chi connectivity index (χ1n) is 7.76. The number of hydrogen-bond donors (Lipinski definition) is 2. The van der Waals surface area contributed by atoms with Crippen molar-refractivity contribution in [3.05, 3.63) is 77.4 Å². The highest BCUT2D eigenvalue weighted by atomic mass is 19.2. The van der Waals surface area contributed by atoms with Crippen LogP contribution in [0.2, 0.25) is 0 Å². The van der Waals surface area contributed by atoms with E-state index in [0.29, 0.717) is 12.2 Å². The quantitative estimate of drug-likeness (QED) is 0.735. The van der Waals surface area contributed by atoms with Crippen LogP contribution in [-0.2, 0) is 6.54 Å². The van der Waals surface area contributed by atoms with Gasteiger partial charge < -0.3 is 10.6 Å². The Morgan fingerprint density at radius 3 is 2.69 bits per heavy atom. The molecule has 8 heteroatoms. The number of anilines is 2. The van der Waals surface area contributed by atoms with E-state index < -0.39 is 11.6 Å². The van der Waals surface area contributed by atoms with Crippen LogP contribution >= 0.6 is 0 Å². The second-order valence-electron chi connectivity index (χ2n) is 5.52. The fourth-order valence-corrected chi connectivity index (χ4v) is 2.22. The van der Waals surface area contributed by atoms with Gasteiger partial charge in [-0.25, -0.2) is 18.7 Å². The van der Waals surface area contributed by atoms with Crippen molar-refractivity contribution >= 4 is 17.5 Å². The van der Waals surface area contributed by atoms with E-state index in [-0.39, 0.29) is 23.2 Å². The first-order chi connectivity index (χ1) is 12.5. The van der Waals surface area contributed by atoms with Gasteiger partial charge in [-0.2, -0.15) is 0 Å². The number of aryl methyl sites for hydroxylation is 1. The Labute approximate surface area is 148 Å². The lowest BCUT2D eigenvalue weighted by molar-refractivity contribution is 0.0945. The number of pyridine rings is 1. The zero-order valence-electron chi connectivity index (χ0n) is 13.8. The summed E-state index contributed by atoms with van der Waals surface area (Å²) >= 11 is 0. The molecule has 3 aromatic rings. The maximum atomic E-state index is 13.3. The summed E-state index contributed by atoms with van der Waals surface area (Å²) in [6.07, 6.45) is 3.30. The number of halogens is 2. The van der Waals surface area contributed by atoms with Gasteiger partial charge in [0.15, 0.2) is 11.6 Å². The molecule has 2 N–H and O–H groups in total. The smallest absolute Gasteiger partial charge is 0.270 e. The van der Waals surface area contributed by atoms with Gasteiger partial charge in [0.2, 0.25) is 5.95 Å². The van der Waals surface area contributed by atoms with Gasteiger partial charge in [-0.15, -0.1) is 0 Å². The van der Waals surface area contributed by atoms with E-state index in [1.807, 2.05) is 6.07 Å². The normalized spacial score (nSPS) is 10.4. The molecule has 0 radical (unpaired) electrons. The van der Waals surface area contributed by atoms with Gasteiger partial charge in [0.1, 0.15) is 5.69 Å². The lowest BCUT2D eigenvalue weighted by Gasteiger charge is -2.09. The Morgan fingerprint density at radius 2 is 1.96 bits per heavy atom. The molecule has 0 spiro atoms.